The quantitative estimate of drug-likeness (QED) is 0.702. The van der Waals surface area contributed by atoms with Crippen LogP contribution in [0.4, 0.5) is 0 Å². The lowest BCUT2D eigenvalue weighted by atomic mass is 10.4. The Morgan fingerprint density at radius 3 is 2.79 bits per heavy atom. The Hall–Kier alpha value is -1.40. The van der Waals surface area contributed by atoms with Gasteiger partial charge in [0.25, 0.3) is 5.91 Å². The zero-order valence-electron chi connectivity index (χ0n) is 7.57. The van der Waals surface area contributed by atoms with Gasteiger partial charge < -0.3 is 5.73 Å². The maximum atomic E-state index is 11.3. The van der Waals surface area contributed by atoms with Gasteiger partial charge in [0.05, 0.1) is 4.88 Å². The third kappa shape index (κ3) is 3.15. The summed E-state index contributed by atoms with van der Waals surface area (Å²) < 4.78 is 0. The Morgan fingerprint density at radius 2 is 2.29 bits per heavy atom. The molecular formula is C8H10N2O3S. The Labute approximate surface area is 84.8 Å². The van der Waals surface area contributed by atoms with E-state index in [9.17, 15) is 9.59 Å². The highest BCUT2D eigenvalue weighted by Crippen LogP contribution is 2.14. The van der Waals surface area contributed by atoms with Gasteiger partial charge in [-0.1, -0.05) is 0 Å². The van der Waals surface area contributed by atoms with Gasteiger partial charge in [-0.2, -0.15) is 0 Å². The van der Waals surface area contributed by atoms with Crippen molar-refractivity contribution in [3.05, 3.63) is 21.9 Å². The van der Waals surface area contributed by atoms with Crippen LogP contribution in [-0.2, 0) is 9.63 Å². The van der Waals surface area contributed by atoms with Crippen LogP contribution < -0.4 is 11.2 Å². The van der Waals surface area contributed by atoms with Gasteiger partial charge in [0, 0.05) is 4.88 Å². The highest BCUT2D eigenvalue weighted by Gasteiger charge is 2.07. The molecule has 1 aromatic heterocycles. The predicted molar refractivity (Wildman–Crippen MR) is 51.7 cm³/mol. The van der Waals surface area contributed by atoms with Gasteiger partial charge in [-0.15, -0.1) is 11.3 Å². The molecule has 2 amide bonds. The molecule has 0 aromatic carbocycles. The number of primary amides is 1. The second-order valence-corrected chi connectivity index (χ2v) is 3.88. The van der Waals surface area contributed by atoms with Gasteiger partial charge in [0.1, 0.15) is 0 Å². The van der Waals surface area contributed by atoms with E-state index in [0.29, 0.717) is 4.88 Å². The molecule has 3 N–H and O–H groups in total. The molecule has 0 unspecified atom stereocenters. The summed E-state index contributed by atoms with van der Waals surface area (Å²) in [5, 5.41) is 0. The molecule has 0 atom stereocenters. The predicted octanol–water partition coefficient (Wildman–Crippen LogP) is 0.203. The molecule has 0 saturated carbocycles. The lowest BCUT2D eigenvalue weighted by molar-refractivity contribution is -0.124. The Balaban J connectivity index is 2.39. The van der Waals surface area contributed by atoms with Crippen molar-refractivity contribution in [2.75, 3.05) is 6.61 Å². The first-order valence-corrected chi connectivity index (χ1v) is 4.68. The number of hydrogen-bond acceptors (Lipinski definition) is 4. The van der Waals surface area contributed by atoms with E-state index in [1.165, 1.54) is 11.3 Å². The van der Waals surface area contributed by atoms with Crippen molar-refractivity contribution < 1.29 is 14.4 Å². The van der Waals surface area contributed by atoms with Crippen LogP contribution in [0.3, 0.4) is 0 Å². The monoisotopic (exact) mass is 214 g/mol. The van der Waals surface area contributed by atoms with Crippen molar-refractivity contribution in [2.24, 2.45) is 5.73 Å². The fourth-order valence-electron chi connectivity index (χ4n) is 0.780. The van der Waals surface area contributed by atoms with E-state index in [2.05, 4.69) is 10.3 Å². The number of hydroxylamine groups is 1. The molecule has 0 aliphatic heterocycles. The SMILES string of the molecule is Cc1ccc(C(=O)NOCC(N)=O)s1. The number of aryl methyl sites for hydroxylation is 1. The Morgan fingerprint density at radius 1 is 1.57 bits per heavy atom. The van der Waals surface area contributed by atoms with E-state index < -0.39 is 5.91 Å². The van der Waals surface area contributed by atoms with Crippen LogP contribution in [0.5, 0.6) is 0 Å². The first-order valence-electron chi connectivity index (χ1n) is 3.86. The van der Waals surface area contributed by atoms with E-state index in [1.54, 1.807) is 6.07 Å². The molecule has 0 saturated heterocycles. The van der Waals surface area contributed by atoms with Crippen LogP contribution in [0, 0.1) is 6.92 Å². The number of amides is 2. The first-order chi connectivity index (χ1) is 6.59. The molecule has 6 heteroatoms. The van der Waals surface area contributed by atoms with Crippen LogP contribution in [0.1, 0.15) is 14.5 Å². The summed E-state index contributed by atoms with van der Waals surface area (Å²) in [5.74, 6) is -1.00. The topological polar surface area (TPSA) is 81.4 Å². The maximum absolute atomic E-state index is 11.3. The fourth-order valence-corrected chi connectivity index (χ4v) is 1.53. The highest BCUT2D eigenvalue weighted by atomic mass is 32.1. The molecule has 1 aromatic rings. The number of nitrogens with one attached hydrogen (secondary N) is 1. The second kappa shape index (κ2) is 4.73. The summed E-state index contributed by atoms with van der Waals surface area (Å²) in [6.07, 6.45) is 0. The Bertz CT molecular complexity index is 348. The summed E-state index contributed by atoms with van der Waals surface area (Å²) in [7, 11) is 0. The zero-order chi connectivity index (χ0) is 10.6. The van der Waals surface area contributed by atoms with Gasteiger partial charge >= 0.3 is 0 Å². The molecule has 1 rings (SSSR count). The number of rotatable bonds is 4. The summed E-state index contributed by atoms with van der Waals surface area (Å²) in [5.41, 5.74) is 6.92. The maximum Gasteiger partial charge on any atom is 0.284 e. The van der Waals surface area contributed by atoms with Crippen LogP contribution >= 0.6 is 11.3 Å². The number of hydrogen-bond donors (Lipinski definition) is 2. The molecule has 0 spiro atoms. The normalized spacial score (nSPS) is 9.79. The molecule has 0 radical (unpaired) electrons. The van der Waals surface area contributed by atoms with Crippen molar-refractivity contribution >= 4 is 23.2 Å². The highest BCUT2D eigenvalue weighted by molar-refractivity contribution is 7.13. The van der Waals surface area contributed by atoms with Crippen molar-refractivity contribution in [3.8, 4) is 0 Å². The van der Waals surface area contributed by atoms with Crippen LogP contribution in [0.15, 0.2) is 12.1 Å². The molecule has 0 aliphatic carbocycles. The third-order valence-corrected chi connectivity index (χ3v) is 2.34. The summed E-state index contributed by atoms with van der Waals surface area (Å²) in [6, 6.07) is 3.51. The van der Waals surface area contributed by atoms with Crippen molar-refractivity contribution in [1.29, 1.82) is 0 Å². The minimum Gasteiger partial charge on any atom is -0.368 e. The van der Waals surface area contributed by atoms with E-state index >= 15 is 0 Å². The number of carbonyl (C=O) groups is 2. The number of carbonyl (C=O) groups excluding carboxylic acids is 2. The lowest BCUT2D eigenvalue weighted by Crippen LogP contribution is -2.28. The number of thiophene rings is 1. The minimum absolute atomic E-state index is 0.323. The van der Waals surface area contributed by atoms with Crippen LogP contribution in [0.25, 0.3) is 0 Å². The van der Waals surface area contributed by atoms with Crippen LogP contribution in [-0.4, -0.2) is 18.4 Å². The third-order valence-electron chi connectivity index (χ3n) is 1.34. The smallest absolute Gasteiger partial charge is 0.284 e. The molecule has 5 nitrogen and oxygen atoms in total. The van der Waals surface area contributed by atoms with Gasteiger partial charge in [-0.05, 0) is 19.1 Å². The van der Waals surface area contributed by atoms with Gasteiger partial charge in [-0.25, -0.2) is 5.48 Å². The van der Waals surface area contributed by atoms with Crippen molar-refractivity contribution in [1.82, 2.24) is 5.48 Å². The van der Waals surface area contributed by atoms with Crippen LogP contribution in [0.2, 0.25) is 0 Å². The average molecular weight is 214 g/mol. The number of nitrogens with two attached hydrogens (primary N) is 1. The molecule has 1 heterocycles. The molecule has 0 aliphatic rings. The fraction of sp³-hybridized carbons (Fsp3) is 0.250. The van der Waals surface area contributed by atoms with E-state index in [-0.39, 0.29) is 12.5 Å². The molecular weight excluding hydrogens is 204 g/mol. The zero-order valence-corrected chi connectivity index (χ0v) is 8.39. The van der Waals surface area contributed by atoms with Crippen molar-refractivity contribution in [2.45, 2.75) is 6.92 Å². The van der Waals surface area contributed by atoms with E-state index in [4.69, 9.17) is 5.73 Å². The largest absolute Gasteiger partial charge is 0.368 e. The van der Waals surface area contributed by atoms with Gasteiger partial charge in [0.15, 0.2) is 6.61 Å². The van der Waals surface area contributed by atoms with Gasteiger partial charge in [-0.3, -0.25) is 14.4 Å². The molecule has 0 fully saturated rings. The molecule has 14 heavy (non-hydrogen) atoms. The lowest BCUT2D eigenvalue weighted by Gasteiger charge is -2.01. The standard InChI is InChI=1S/C8H10N2O3S/c1-5-2-3-6(14-5)8(12)10-13-4-7(9)11/h2-3H,4H2,1H3,(H2,9,11)(H,10,12). The van der Waals surface area contributed by atoms with Gasteiger partial charge in [0.2, 0.25) is 5.91 Å². The molecule has 76 valence electrons. The average Bonchev–Trinajstić information content (AvgIpc) is 2.51. The first kappa shape index (κ1) is 10.7. The summed E-state index contributed by atoms with van der Waals surface area (Å²) in [6.45, 7) is 1.57. The summed E-state index contributed by atoms with van der Waals surface area (Å²) in [4.78, 5) is 27.7. The Kier molecular flexibility index (Phi) is 3.61. The molecule has 0 bridgehead atoms. The summed E-state index contributed by atoms with van der Waals surface area (Å²) >= 11 is 1.35. The van der Waals surface area contributed by atoms with E-state index in [1.807, 2.05) is 13.0 Å². The second-order valence-electron chi connectivity index (χ2n) is 2.60. The van der Waals surface area contributed by atoms with E-state index in [0.717, 1.165) is 4.88 Å². The van der Waals surface area contributed by atoms with Crippen molar-refractivity contribution in [3.63, 3.8) is 0 Å². The minimum atomic E-state index is -0.632.